The van der Waals surface area contributed by atoms with Crippen molar-refractivity contribution in [3.63, 3.8) is 0 Å². The number of aromatic nitrogens is 2. The third-order valence-corrected chi connectivity index (χ3v) is 6.15. The first-order valence-electron chi connectivity index (χ1n) is 9.22. The summed E-state index contributed by atoms with van der Waals surface area (Å²) in [5.41, 5.74) is 0.427. The molecule has 1 aromatic heterocycles. The predicted molar refractivity (Wildman–Crippen MR) is 93.6 cm³/mol. The van der Waals surface area contributed by atoms with Gasteiger partial charge in [-0.1, -0.05) is 12.2 Å². The summed E-state index contributed by atoms with van der Waals surface area (Å²) in [6, 6.07) is 1.86. The lowest BCUT2D eigenvalue weighted by atomic mass is 9.71. The minimum Gasteiger partial charge on any atom is -0.342 e. The molecular formula is C19H26N4O. The number of carbonyl (C=O) groups excluding carboxylic acids is 1. The fraction of sp³-hybridized carbons (Fsp3) is 0.632. The summed E-state index contributed by atoms with van der Waals surface area (Å²) >= 11 is 0. The highest BCUT2D eigenvalue weighted by Gasteiger charge is 2.39. The van der Waals surface area contributed by atoms with Gasteiger partial charge in [0.25, 0.3) is 0 Å². The zero-order valence-corrected chi connectivity index (χ0v) is 14.2. The summed E-state index contributed by atoms with van der Waals surface area (Å²) in [6.07, 6.45) is 14.5. The molecule has 0 radical (unpaired) electrons. The fourth-order valence-corrected chi connectivity index (χ4v) is 4.41. The second-order valence-corrected chi connectivity index (χ2v) is 7.50. The standard InChI is InChI=1S/C19H26N4O/c24-17(16-4-1-2-5-16)22-12-6-19(7-13-22)8-14-23(15-9-19)18-20-10-3-11-21-18/h1-3,10-11,16H,4-9,12-15H2. The number of piperidine rings is 2. The van der Waals surface area contributed by atoms with Crippen molar-refractivity contribution in [1.29, 1.82) is 0 Å². The van der Waals surface area contributed by atoms with E-state index in [9.17, 15) is 4.79 Å². The topological polar surface area (TPSA) is 49.3 Å². The van der Waals surface area contributed by atoms with Gasteiger partial charge in [0.1, 0.15) is 0 Å². The SMILES string of the molecule is O=C(C1CC=CC1)N1CCC2(CC1)CCN(c1ncccn1)CC2. The summed E-state index contributed by atoms with van der Waals surface area (Å²) in [5.74, 6) is 1.45. The third-order valence-electron chi connectivity index (χ3n) is 6.15. The minimum absolute atomic E-state index is 0.219. The number of likely N-dealkylation sites (tertiary alicyclic amines) is 1. The number of hydrogen-bond acceptors (Lipinski definition) is 4. The van der Waals surface area contributed by atoms with Gasteiger partial charge < -0.3 is 9.80 Å². The van der Waals surface area contributed by atoms with E-state index in [1.165, 1.54) is 12.8 Å². The van der Waals surface area contributed by atoms with Crippen molar-refractivity contribution < 1.29 is 4.79 Å². The van der Waals surface area contributed by atoms with Gasteiger partial charge >= 0.3 is 0 Å². The molecule has 0 bridgehead atoms. The summed E-state index contributed by atoms with van der Waals surface area (Å²) in [5, 5.41) is 0. The largest absolute Gasteiger partial charge is 0.342 e. The third kappa shape index (κ3) is 3.04. The Labute approximate surface area is 143 Å². The molecule has 5 heteroatoms. The Morgan fingerprint density at radius 2 is 1.54 bits per heavy atom. The number of hydrogen-bond donors (Lipinski definition) is 0. The highest BCUT2D eigenvalue weighted by atomic mass is 16.2. The summed E-state index contributed by atoms with van der Waals surface area (Å²) in [7, 11) is 0. The molecule has 0 saturated carbocycles. The van der Waals surface area contributed by atoms with E-state index < -0.39 is 0 Å². The van der Waals surface area contributed by atoms with Crippen LogP contribution < -0.4 is 4.90 Å². The molecule has 0 aromatic carbocycles. The zero-order valence-electron chi connectivity index (χ0n) is 14.2. The molecule has 3 aliphatic rings. The number of carbonyl (C=O) groups is 1. The van der Waals surface area contributed by atoms with E-state index in [4.69, 9.17) is 0 Å². The van der Waals surface area contributed by atoms with E-state index in [1.807, 2.05) is 18.5 Å². The van der Waals surface area contributed by atoms with Crippen molar-refractivity contribution in [1.82, 2.24) is 14.9 Å². The van der Waals surface area contributed by atoms with Crippen molar-refractivity contribution >= 4 is 11.9 Å². The minimum atomic E-state index is 0.219. The molecule has 128 valence electrons. The second kappa shape index (κ2) is 6.54. The van der Waals surface area contributed by atoms with Crippen LogP contribution in [0.15, 0.2) is 30.6 Å². The van der Waals surface area contributed by atoms with E-state index in [0.29, 0.717) is 11.3 Å². The molecule has 0 unspecified atom stereocenters. The van der Waals surface area contributed by atoms with Crippen LogP contribution in [-0.4, -0.2) is 47.0 Å². The highest BCUT2D eigenvalue weighted by Crippen LogP contribution is 2.42. The molecular weight excluding hydrogens is 300 g/mol. The van der Waals surface area contributed by atoms with E-state index in [2.05, 4.69) is 31.9 Å². The van der Waals surface area contributed by atoms with Crippen LogP contribution in [0.4, 0.5) is 5.95 Å². The van der Waals surface area contributed by atoms with Gasteiger partial charge in [-0.25, -0.2) is 9.97 Å². The number of anilines is 1. The van der Waals surface area contributed by atoms with Gasteiger partial charge in [0.15, 0.2) is 0 Å². The zero-order chi connectivity index (χ0) is 16.4. The van der Waals surface area contributed by atoms with Gasteiger partial charge in [0.05, 0.1) is 0 Å². The molecule has 0 atom stereocenters. The van der Waals surface area contributed by atoms with Gasteiger partial charge in [0, 0.05) is 44.5 Å². The Morgan fingerprint density at radius 1 is 0.958 bits per heavy atom. The lowest BCUT2D eigenvalue weighted by Gasteiger charge is -2.47. The summed E-state index contributed by atoms with van der Waals surface area (Å²) < 4.78 is 0. The van der Waals surface area contributed by atoms with Crippen LogP contribution in [-0.2, 0) is 4.79 Å². The van der Waals surface area contributed by atoms with Gasteiger partial charge in [0.2, 0.25) is 11.9 Å². The van der Waals surface area contributed by atoms with Gasteiger partial charge in [-0.2, -0.15) is 0 Å². The molecule has 5 nitrogen and oxygen atoms in total. The van der Waals surface area contributed by atoms with E-state index in [1.54, 1.807) is 0 Å². The molecule has 1 aliphatic carbocycles. The van der Waals surface area contributed by atoms with Gasteiger partial charge in [-0.05, 0) is 50.0 Å². The van der Waals surface area contributed by atoms with Crippen molar-refractivity contribution in [2.45, 2.75) is 38.5 Å². The Hall–Kier alpha value is -1.91. The first-order chi connectivity index (χ1) is 11.8. The Bertz CT molecular complexity index is 589. The van der Waals surface area contributed by atoms with Crippen LogP contribution in [0.3, 0.4) is 0 Å². The van der Waals surface area contributed by atoms with Crippen LogP contribution in [0, 0.1) is 11.3 Å². The lowest BCUT2D eigenvalue weighted by molar-refractivity contribution is -0.137. The van der Waals surface area contributed by atoms with Crippen molar-refractivity contribution in [3.05, 3.63) is 30.6 Å². The monoisotopic (exact) mass is 326 g/mol. The molecule has 2 fully saturated rings. The second-order valence-electron chi connectivity index (χ2n) is 7.50. The molecule has 2 aliphatic heterocycles. The van der Waals surface area contributed by atoms with Crippen molar-refractivity contribution in [3.8, 4) is 0 Å². The summed E-state index contributed by atoms with van der Waals surface area (Å²) in [4.78, 5) is 25.7. The van der Waals surface area contributed by atoms with Crippen LogP contribution >= 0.6 is 0 Å². The van der Waals surface area contributed by atoms with Crippen LogP contribution in [0.1, 0.15) is 38.5 Å². The van der Waals surface area contributed by atoms with Gasteiger partial charge in [-0.3, -0.25) is 4.79 Å². The highest BCUT2D eigenvalue weighted by molar-refractivity contribution is 5.79. The maximum Gasteiger partial charge on any atom is 0.226 e. The normalized spacial score (nSPS) is 23.8. The van der Waals surface area contributed by atoms with Crippen LogP contribution in [0.2, 0.25) is 0 Å². The van der Waals surface area contributed by atoms with E-state index in [-0.39, 0.29) is 5.92 Å². The molecule has 1 spiro atoms. The van der Waals surface area contributed by atoms with Crippen molar-refractivity contribution in [2.75, 3.05) is 31.1 Å². The lowest BCUT2D eigenvalue weighted by Crippen LogP contribution is -2.49. The summed E-state index contributed by atoms with van der Waals surface area (Å²) in [6.45, 7) is 3.95. The molecule has 2 saturated heterocycles. The molecule has 1 aromatic rings. The van der Waals surface area contributed by atoms with Crippen LogP contribution in [0.5, 0.6) is 0 Å². The first kappa shape index (κ1) is 15.6. The molecule has 24 heavy (non-hydrogen) atoms. The Morgan fingerprint density at radius 3 is 2.17 bits per heavy atom. The maximum absolute atomic E-state index is 12.6. The van der Waals surface area contributed by atoms with Crippen molar-refractivity contribution in [2.24, 2.45) is 11.3 Å². The number of nitrogens with zero attached hydrogens (tertiary/aromatic N) is 4. The maximum atomic E-state index is 12.6. The Balaban J connectivity index is 1.30. The van der Waals surface area contributed by atoms with E-state index >= 15 is 0 Å². The number of allylic oxidation sites excluding steroid dienone is 2. The van der Waals surface area contributed by atoms with Gasteiger partial charge in [-0.15, -0.1) is 0 Å². The molecule has 0 N–H and O–H groups in total. The number of amides is 1. The average molecular weight is 326 g/mol. The van der Waals surface area contributed by atoms with Crippen LogP contribution in [0.25, 0.3) is 0 Å². The molecule has 3 heterocycles. The Kier molecular flexibility index (Phi) is 4.25. The fourth-order valence-electron chi connectivity index (χ4n) is 4.41. The average Bonchev–Trinajstić information content (AvgIpc) is 3.18. The predicted octanol–water partition coefficient (Wildman–Crippen LogP) is 2.65. The molecule has 1 amide bonds. The molecule has 4 rings (SSSR count). The quantitative estimate of drug-likeness (QED) is 0.784. The first-order valence-corrected chi connectivity index (χ1v) is 9.22. The van der Waals surface area contributed by atoms with E-state index in [0.717, 1.165) is 57.8 Å². The smallest absolute Gasteiger partial charge is 0.226 e. The number of rotatable bonds is 2.